The molecule has 0 saturated carbocycles. The van der Waals surface area contributed by atoms with Crippen molar-refractivity contribution >= 4 is 0 Å². The highest BCUT2D eigenvalue weighted by molar-refractivity contribution is 5.43. The fraction of sp³-hybridized carbons (Fsp3) is 0.375. The number of hydrogen-bond donors (Lipinski definition) is 0. The van der Waals surface area contributed by atoms with Gasteiger partial charge in [-0.25, -0.2) is 0 Å². The molecule has 0 aromatic carbocycles. The molecule has 0 aliphatic heterocycles. The second-order valence-electron chi connectivity index (χ2n) is 3.91. The Labute approximate surface area is 101 Å². The van der Waals surface area contributed by atoms with Crippen LogP contribution < -0.4 is 0 Å². The lowest BCUT2D eigenvalue weighted by molar-refractivity contribution is 0.901. The molecule has 0 heteroatoms. The molecule has 1 atom stereocenters. The minimum Gasteiger partial charge on any atom is -0.0985 e. The molecule has 88 valence electrons. The standard InChI is InChI=1S/C16H24/c1-6-9-10-11-14(4)12-13-15(5)16(7-2)8-3/h7-8,10-14H,2,5-6,9H2,1,3-4H3/b11-10?,13-12-,16-8+. The summed E-state index contributed by atoms with van der Waals surface area (Å²) < 4.78 is 0. The molecule has 0 rings (SSSR count). The van der Waals surface area contributed by atoms with Crippen LogP contribution in [0.5, 0.6) is 0 Å². The fourth-order valence-corrected chi connectivity index (χ4v) is 1.34. The van der Waals surface area contributed by atoms with Crippen molar-refractivity contribution in [1.82, 2.24) is 0 Å². The number of unbranched alkanes of at least 4 members (excludes halogenated alkanes) is 1. The van der Waals surface area contributed by atoms with Gasteiger partial charge >= 0.3 is 0 Å². The van der Waals surface area contributed by atoms with Gasteiger partial charge in [-0.15, -0.1) is 0 Å². The molecule has 0 N–H and O–H groups in total. The second-order valence-corrected chi connectivity index (χ2v) is 3.91. The van der Waals surface area contributed by atoms with E-state index < -0.39 is 0 Å². The van der Waals surface area contributed by atoms with Crippen molar-refractivity contribution in [2.45, 2.75) is 33.6 Å². The Morgan fingerprint density at radius 2 is 2.00 bits per heavy atom. The molecule has 0 fully saturated rings. The van der Waals surface area contributed by atoms with Crippen LogP contribution in [0.1, 0.15) is 33.6 Å². The van der Waals surface area contributed by atoms with Crippen molar-refractivity contribution in [3.63, 3.8) is 0 Å². The number of allylic oxidation sites excluding steroid dienone is 8. The molecule has 16 heavy (non-hydrogen) atoms. The summed E-state index contributed by atoms with van der Waals surface area (Å²) in [6.45, 7) is 14.1. The lowest BCUT2D eigenvalue weighted by atomic mass is 10.0. The van der Waals surface area contributed by atoms with Gasteiger partial charge in [0.2, 0.25) is 0 Å². The van der Waals surface area contributed by atoms with Crippen LogP contribution in [0.25, 0.3) is 0 Å². The van der Waals surface area contributed by atoms with E-state index in [9.17, 15) is 0 Å². The molecule has 0 bridgehead atoms. The van der Waals surface area contributed by atoms with Gasteiger partial charge in [-0.2, -0.15) is 0 Å². The lowest BCUT2D eigenvalue weighted by Gasteiger charge is -2.02. The first-order valence-electron chi connectivity index (χ1n) is 5.98. The molecule has 1 unspecified atom stereocenters. The molecular formula is C16H24. The Morgan fingerprint density at radius 3 is 2.50 bits per heavy atom. The maximum absolute atomic E-state index is 4.01. The molecule has 0 saturated heterocycles. The summed E-state index contributed by atoms with van der Waals surface area (Å²) in [6, 6.07) is 0. The summed E-state index contributed by atoms with van der Waals surface area (Å²) in [5.74, 6) is 0.464. The SMILES string of the molecule is C=C/C(=C\C)C(=C)/C=C\C(C)C=CCCC. The van der Waals surface area contributed by atoms with Crippen LogP contribution in [0.2, 0.25) is 0 Å². The second kappa shape index (κ2) is 8.96. The first kappa shape index (κ1) is 14.7. The minimum atomic E-state index is 0.464. The van der Waals surface area contributed by atoms with E-state index in [0.29, 0.717) is 5.92 Å². The van der Waals surface area contributed by atoms with E-state index in [1.54, 1.807) is 0 Å². The third-order valence-electron chi connectivity index (χ3n) is 2.40. The summed E-state index contributed by atoms with van der Waals surface area (Å²) in [5, 5.41) is 0. The van der Waals surface area contributed by atoms with Crippen LogP contribution in [-0.2, 0) is 0 Å². The zero-order valence-corrected chi connectivity index (χ0v) is 10.9. The molecule has 0 aliphatic rings. The van der Waals surface area contributed by atoms with E-state index >= 15 is 0 Å². The van der Waals surface area contributed by atoms with Gasteiger partial charge in [0, 0.05) is 0 Å². The van der Waals surface area contributed by atoms with Crippen molar-refractivity contribution in [3.05, 3.63) is 60.8 Å². The van der Waals surface area contributed by atoms with Crippen LogP contribution >= 0.6 is 0 Å². The summed E-state index contributed by atoms with van der Waals surface area (Å²) in [4.78, 5) is 0. The largest absolute Gasteiger partial charge is 0.0985 e. The molecule has 0 heterocycles. The first-order chi connectivity index (χ1) is 7.65. The van der Waals surface area contributed by atoms with Gasteiger partial charge in [-0.1, -0.05) is 69.9 Å². The third kappa shape index (κ3) is 6.23. The van der Waals surface area contributed by atoms with Crippen LogP contribution in [0.3, 0.4) is 0 Å². The predicted octanol–water partition coefficient (Wildman–Crippen LogP) is 5.22. The van der Waals surface area contributed by atoms with E-state index in [4.69, 9.17) is 0 Å². The predicted molar refractivity (Wildman–Crippen MR) is 75.4 cm³/mol. The van der Waals surface area contributed by atoms with Gasteiger partial charge in [0.05, 0.1) is 0 Å². The molecule has 0 radical (unpaired) electrons. The van der Waals surface area contributed by atoms with E-state index in [1.807, 2.05) is 19.1 Å². The molecule has 0 aromatic heterocycles. The zero-order chi connectivity index (χ0) is 12.4. The van der Waals surface area contributed by atoms with Crippen LogP contribution in [0.15, 0.2) is 60.8 Å². The van der Waals surface area contributed by atoms with Crippen LogP contribution in [-0.4, -0.2) is 0 Å². The molecule has 0 aromatic rings. The van der Waals surface area contributed by atoms with Crippen molar-refractivity contribution in [1.29, 1.82) is 0 Å². The summed E-state index contributed by atoms with van der Waals surface area (Å²) in [7, 11) is 0. The maximum atomic E-state index is 4.01. The van der Waals surface area contributed by atoms with Gasteiger partial charge in [0.15, 0.2) is 0 Å². The Hall–Kier alpha value is -1.30. The molecular weight excluding hydrogens is 192 g/mol. The average molecular weight is 216 g/mol. The number of rotatable bonds is 7. The summed E-state index contributed by atoms with van der Waals surface area (Å²) >= 11 is 0. The van der Waals surface area contributed by atoms with Crippen molar-refractivity contribution < 1.29 is 0 Å². The summed E-state index contributed by atoms with van der Waals surface area (Å²) in [5.41, 5.74) is 2.12. The van der Waals surface area contributed by atoms with E-state index in [2.05, 4.69) is 51.3 Å². The fourth-order valence-electron chi connectivity index (χ4n) is 1.34. The Kier molecular flexibility index (Phi) is 8.24. The highest BCUT2D eigenvalue weighted by Gasteiger charge is 1.94. The highest BCUT2D eigenvalue weighted by Crippen LogP contribution is 2.12. The highest BCUT2D eigenvalue weighted by atomic mass is 14.0. The monoisotopic (exact) mass is 216 g/mol. The normalized spacial score (nSPS) is 14.6. The van der Waals surface area contributed by atoms with Gasteiger partial charge in [-0.3, -0.25) is 0 Å². The van der Waals surface area contributed by atoms with Crippen LogP contribution in [0, 0.1) is 5.92 Å². The molecule has 0 aliphatic carbocycles. The third-order valence-corrected chi connectivity index (χ3v) is 2.40. The first-order valence-corrected chi connectivity index (χ1v) is 5.98. The van der Waals surface area contributed by atoms with Crippen molar-refractivity contribution in [3.8, 4) is 0 Å². The Balaban J connectivity index is 4.27. The summed E-state index contributed by atoms with van der Waals surface area (Å²) in [6.07, 6.45) is 14.9. The van der Waals surface area contributed by atoms with Crippen molar-refractivity contribution in [2.24, 2.45) is 5.92 Å². The quantitative estimate of drug-likeness (QED) is 0.404. The minimum absolute atomic E-state index is 0.464. The van der Waals surface area contributed by atoms with E-state index in [-0.39, 0.29) is 0 Å². The Morgan fingerprint density at radius 1 is 1.31 bits per heavy atom. The lowest BCUT2D eigenvalue weighted by Crippen LogP contribution is -1.85. The topological polar surface area (TPSA) is 0 Å². The van der Waals surface area contributed by atoms with Gasteiger partial charge in [-0.05, 0) is 30.4 Å². The van der Waals surface area contributed by atoms with E-state index in [1.165, 1.54) is 6.42 Å². The number of hydrogen-bond acceptors (Lipinski definition) is 0. The van der Waals surface area contributed by atoms with Gasteiger partial charge in [0.1, 0.15) is 0 Å². The maximum Gasteiger partial charge on any atom is -0.00786 e. The van der Waals surface area contributed by atoms with Crippen LogP contribution in [0.4, 0.5) is 0 Å². The van der Waals surface area contributed by atoms with Gasteiger partial charge in [0.25, 0.3) is 0 Å². The van der Waals surface area contributed by atoms with Gasteiger partial charge < -0.3 is 0 Å². The zero-order valence-electron chi connectivity index (χ0n) is 10.9. The molecule has 0 nitrogen and oxygen atoms in total. The molecule has 0 amide bonds. The van der Waals surface area contributed by atoms with Crippen molar-refractivity contribution in [2.75, 3.05) is 0 Å². The van der Waals surface area contributed by atoms with E-state index in [0.717, 1.165) is 17.6 Å². The smallest absolute Gasteiger partial charge is 0.00786 e. The average Bonchev–Trinajstić information content (AvgIpc) is 2.28. The Bertz CT molecular complexity index is 300. The molecule has 0 spiro atoms.